The molecule has 618 valence electrons. The van der Waals surface area contributed by atoms with Gasteiger partial charge in [-0.15, -0.1) is 0 Å². The fraction of sp³-hybridized carbons (Fsp3) is 0.640. The molecule has 4 heterocycles. The van der Waals surface area contributed by atoms with Crippen molar-refractivity contribution < 1.29 is 52.7 Å². The zero-order valence-corrected chi connectivity index (χ0v) is 66.2. The van der Waals surface area contributed by atoms with Crippen molar-refractivity contribution in [2.24, 2.45) is 40.7 Å². The van der Waals surface area contributed by atoms with Crippen molar-refractivity contribution in [3.05, 3.63) is 72.1 Å². The van der Waals surface area contributed by atoms with Crippen molar-refractivity contribution in [2.75, 3.05) is 71.2 Å². The van der Waals surface area contributed by atoms with Crippen LogP contribution < -0.4 is 119 Å². The molecule has 0 unspecified atom stereocenters. The van der Waals surface area contributed by atoms with E-state index in [0.29, 0.717) is 103 Å². The van der Waals surface area contributed by atoms with Gasteiger partial charge in [-0.25, -0.2) is 43.2 Å². The second-order valence-corrected chi connectivity index (χ2v) is 31.2. The smallest absolute Gasteiger partial charge is 0.321 e. The molecule has 28 N–H and O–H groups in total. The first-order valence-corrected chi connectivity index (χ1v) is 40.4. The van der Waals surface area contributed by atoms with Crippen molar-refractivity contribution in [3.8, 4) is 0 Å². The summed E-state index contributed by atoms with van der Waals surface area (Å²) in [6.07, 6.45) is 12.6. The van der Waals surface area contributed by atoms with E-state index in [0.717, 1.165) is 51.5 Å². The molecule has 111 heavy (non-hydrogen) atoms. The fourth-order valence-corrected chi connectivity index (χ4v) is 14.9. The molecule has 0 bridgehead atoms. The number of para-hydroxylation sites is 2. The van der Waals surface area contributed by atoms with E-state index >= 15 is 0 Å². The molecule has 6 rings (SSSR count). The van der Waals surface area contributed by atoms with Crippen LogP contribution in [0, 0.1) is 17.8 Å². The number of hydrogen-bond donors (Lipinski definition) is 24. The monoisotopic (exact) mass is 1570 g/mol. The minimum absolute atomic E-state index is 0.00765. The third-order valence-electron chi connectivity index (χ3n) is 19.9. The van der Waals surface area contributed by atoms with Gasteiger partial charge in [0.25, 0.3) is 0 Å². The first-order chi connectivity index (χ1) is 53.3. The summed E-state index contributed by atoms with van der Waals surface area (Å²) in [6, 6.07) is 6.85. The minimum Gasteiger partial charge on any atom is -0.370 e. The number of nitrogens with one attached hydrogen (secondary N) is 20. The maximum atomic E-state index is 13.9. The molecule has 35 nitrogen and oxygen atoms in total. The van der Waals surface area contributed by atoms with Crippen molar-refractivity contribution in [3.63, 3.8) is 0 Å². The van der Waals surface area contributed by atoms with E-state index in [1.54, 1.807) is 11.8 Å². The molecule has 11 atom stereocenters. The number of rotatable bonds is 49. The van der Waals surface area contributed by atoms with Crippen molar-refractivity contribution >= 4 is 99.7 Å². The zero-order chi connectivity index (χ0) is 80.6. The van der Waals surface area contributed by atoms with Crippen LogP contribution in [0.5, 0.6) is 0 Å². The summed E-state index contributed by atoms with van der Waals surface area (Å²) >= 11 is 1.81. The molecule has 2 fully saturated rings. The minimum atomic E-state index is -0.674. The molecule has 0 radical (unpaired) electrons. The highest BCUT2D eigenvalue weighted by molar-refractivity contribution is 8.00. The van der Waals surface area contributed by atoms with Crippen LogP contribution in [-0.4, -0.2) is 213 Å². The molecule has 36 heteroatoms. The number of carbonyl (C=O) groups excluding carboxylic acids is 11. The van der Waals surface area contributed by atoms with Gasteiger partial charge in [-0.1, -0.05) is 104 Å². The van der Waals surface area contributed by atoms with Gasteiger partial charge in [-0.05, 0) is 131 Å². The Morgan fingerprint density at radius 3 is 1.23 bits per heavy atom. The number of aromatic amines is 2. The van der Waals surface area contributed by atoms with E-state index < -0.39 is 102 Å². The first kappa shape index (κ1) is 90.2. The maximum absolute atomic E-state index is 13.9. The number of aromatic nitrogens is 2. The lowest BCUT2D eigenvalue weighted by Crippen LogP contribution is -2.56. The van der Waals surface area contributed by atoms with Gasteiger partial charge < -0.3 is 123 Å². The summed E-state index contributed by atoms with van der Waals surface area (Å²) in [7, 11) is 0. The Labute approximate surface area is 655 Å². The molecule has 20 amide bonds. The van der Waals surface area contributed by atoms with Crippen LogP contribution in [-0.2, 0) is 22.4 Å². The molecular formula is C75H126N24O11S. The number of imide groups is 1. The lowest BCUT2D eigenvalue weighted by molar-refractivity contribution is -0.120. The van der Waals surface area contributed by atoms with Crippen molar-refractivity contribution in [2.45, 2.75) is 216 Å². The number of benzene rings is 2. The Morgan fingerprint density at radius 1 is 0.432 bits per heavy atom. The Bertz CT molecular complexity index is 3580. The second-order valence-electron chi connectivity index (χ2n) is 29.9. The highest BCUT2D eigenvalue weighted by atomic mass is 32.2. The molecule has 0 spiro atoms. The van der Waals surface area contributed by atoms with E-state index in [9.17, 15) is 52.7 Å². The van der Waals surface area contributed by atoms with E-state index in [-0.39, 0.29) is 106 Å². The van der Waals surface area contributed by atoms with E-state index in [4.69, 9.17) is 22.9 Å². The van der Waals surface area contributed by atoms with Crippen LogP contribution in [0.2, 0.25) is 0 Å². The van der Waals surface area contributed by atoms with Gasteiger partial charge in [0, 0.05) is 128 Å². The molecule has 2 aromatic carbocycles. The van der Waals surface area contributed by atoms with E-state index in [2.05, 4.69) is 106 Å². The summed E-state index contributed by atoms with van der Waals surface area (Å²) in [5, 5.41) is 54.3. The first-order valence-electron chi connectivity index (χ1n) is 39.4. The third kappa shape index (κ3) is 33.8. The van der Waals surface area contributed by atoms with Crippen LogP contribution in [0.15, 0.2) is 60.9 Å². The number of carbonyl (C=O) groups is 11. The van der Waals surface area contributed by atoms with Crippen LogP contribution in [0.3, 0.4) is 0 Å². The topological polar surface area (TPSA) is 540 Å². The lowest BCUT2D eigenvalue weighted by Gasteiger charge is -2.26. The number of H-pyrrole nitrogens is 2. The average molecular weight is 1570 g/mol. The van der Waals surface area contributed by atoms with Crippen LogP contribution >= 0.6 is 11.8 Å². The van der Waals surface area contributed by atoms with Crippen LogP contribution in [0.25, 0.3) is 21.8 Å². The lowest BCUT2D eigenvalue weighted by atomic mass is 9.99. The predicted octanol–water partition coefficient (Wildman–Crippen LogP) is 3.65. The summed E-state index contributed by atoms with van der Waals surface area (Å²) in [5.74, 6) is -0.297. The van der Waals surface area contributed by atoms with E-state index in [1.165, 1.54) is 0 Å². The number of nitrogens with two attached hydrogens (primary N) is 4. The number of urea groups is 9. The highest BCUT2D eigenvalue weighted by Crippen LogP contribution is 2.33. The van der Waals surface area contributed by atoms with Gasteiger partial charge in [0.15, 0.2) is 0 Å². The van der Waals surface area contributed by atoms with Gasteiger partial charge in [0.2, 0.25) is 11.8 Å². The largest absolute Gasteiger partial charge is 0.370 e. The normalized spacial score (nSPS) is 16.6. The third-order valence-corrected chi connectivity index (χ3v) is 21.4. The van der Waals surface area contributed by atoms with Crippen molar-refractivity contribution in [1.29, 1.82) is 0 Å². The quantitative estimate of drug-likeness (QED) is 0.0222. The van der Waals surface area contributed by atoms with Gasteiger partial charge >= 0.3 is 54.3 Å². The maximum Gasteiger partial charge on any atom is 0.321 e. The number of primary amides is 1. The molecule has 4 aromatic rings. The van der Waals surface area contributed by atoms with Gasteiger partial charge in [0.05, 0.1) is 36.3 Å². The van der Waals surface area contributed by atoms with Crippen LogP contribution in [0.4, 0.5) is 43.2 Å². The molecule has 2 aromatic heterocycles. The molecule has 2 aliphatic rings. The second kappa shape index (κ2) is 48.9. The highest BCUT2D eigenvalue weighted by Gasteiger charge is 2.42. The van der Waals surface area contributed by atoms with Gasteiger partial charge in [-0.3, -0.25) is 14.9 Å². The summed E-state index contributed by atoms with van der Waals surface area (Å²) in [4.78, 5) is 151. The Hall–Kier alpha value is -9.68. The number of unbranched alkanes of at least 4 members (excludes halogenated alkanes) is 4. The molecule has 2 aliphatic heterocycles. The molecular weight excluding hydrogens is 1450 g/mol. The SMILES string of the molecule is CC(C)[C@@H](CCC(N)=O)NC(=O)NC[C@H](CCCCN)NC(=O)NC[C@H](Cc1c[nH]c2ccccc12)NC(=O)NC[C@H](CCCCN)NC(=O)NC[C@@H](NC(=O)NC[C@H](Cc1c[nH]c2ccccc12)NC(=O)NC[C@H](CCCCN)NC(=O)NC[C@@H](NC(=O)NC(=O)CCCC[C@@H]1SC[C@@H]2NC(=O)N[C@@H]21)C(C)C)C(C)C. The Kier molecular flexibility index (Phi) is 39.7. The zero-order valence-electron chi connectivity index (χ0n) is 65.4. The number of thioether (sulfide) groups is 1. The Balaban J connectivity index is 0.992. The van der Waals surface area contributed by atoms with Gasteiger partial charge in [0.1, 0.15) is 0 Å². The Morgan fingerprint density at radius 2 is 0.811 bits per heavy atom. The fourth-order valence-electron chi connectivity index (χ4n) is 13.3. The standard InChI is InChI=1S/C75H126N24O11S/c1-45(2)57(28-29-64(79)100)94-72(107)84-39-52(21-15-18-32-78)89-67(102)85-40-53(33-48-35-80-58-24-9-7-22-55(48)58)92-68(103)82-37-50(19-13-16-30-76)90-70(105)87-42-60(46(3)4)95-73(108)86-41-54(34-49-36-81-59-25-10-8-23-56(49)59)93-69(104)83-38-51(20-14-17-31-77)91-71(106)88-43-61(47(5)6)96-74(109)98-65(101)27-12-11-26-63-66-62(44-111-63)97-75(110)99-66/h7-10,22-25,35-36,45-47,50-54,57,60-63,66,80-81H,11-21,26-34,37-44,76-78H2,1-6H3,(H2,79,100)(H2,82,92,103)(H2,83,93,104)(H2,84,94,107)(H2,85,89,102)(H2,86,95,108)(H2,87,90,105)(H2,88,91,106)(H2,97,99,110)(H2,96,98,101,109)/t50-,51-,52-,53-,54-,57+,60+,61+,62-,63-,66-/m0/s1. The number of fused-ring (bicyclic) bond motifs is 3. The molecule has 0 aliphatic carbocycles. The van der Waals surface area contributed by atoms with Crippen LogP contribution in [0.1, 0.15) is 149 Å². The van der Waals surface area contributed by atoms with Gasteiger partial charge in [-0.2, -0.15) is 11.8 Å². The average Bonchev–Trinajstić information content (AvgIpc) is 1.68. The number of amides is 20. The molecule has 2 saturated heterocycles. The summed E-state index contributed by atoms with van der Waals surface area (Å²) in [6.45, 7) is 12.9. The predicted molar refractivity (Wildman–Crippen MR) is 432 cm³/mol. The van der Waals surface area contributed by atoms with Crippen molar-refractivity contribution in [1.82, 2.24) is 106 Å². The number of hydrogen-bond acceptors (Lipinski definition) is 15. The molecule has 0 saturated carbocycles. The van der Waals surface area contributed by atoms with E-state index in [1.807, 2.05) is 102 Å². The summed E-state index contributed by atoms with van der Waals surface area (Å²) in [5.41, 5.74) is 26.4. The summed E-state index contributed by atoms with van der Waals surface area (Å²) < 4.78 is 0.